The summed E-state index contributed by atoms with van der Waals surface area (Å²) in [6.07, 6.45) is 9.48. The maximum absolute atomic E-state index is 5.92. The Bertz CT molecular complexity index is 193. The smallest absolute Gasteiger partial charge is 0.00824 e. The molecule has 2 aliphatic carbocycles. The molecule has 0 amide bonds. The van der Waals surface area contributed by atoms with Crippen molar-refractivity contribution in [3.63, 3.8) is 0 Å². The lowest BCUT2D eigenvalue weighted by molar-refractivity contribution is 0.240. The van der Waals surface area contributed by atoms with Gasteiger partial charge in [0.15, 0.2) is 0 Å². The Morgan fingerprint density at radius 1 is 1.13 bits per heavy atom. The van der Waals surface area contributed by atoms with Gasteiger partial charge in [0.05, 0.1) is 0 Å². The van der Waals surface area contributed by atoms with Crippen LogP contribution in [0.5, 0.6) is 0 Å². The molecule has 88 valence electrons. The summed E-state index contributed by atoms with van der Waals surface area (Å²) in [5.41, 5.74) is 5.92. The van der Waals surface area contributed by atoms with E-state index in [1.54, 1.807) is 0 Å². The number of hydrogen-bond acceptors (Lipinski definition) is 2. The fraction of sp³-hybridized carbons (Fsp3) is 1.00. The molecule has 2 fully saturated rings. The predicted molar refractivity (Wildman–Crippen MR) is 64.7 cm³/mol. The van der Waals surface area contributed by atoms with Crippen LogP contribution in [0.25, 0.3) is 0 Å². The van der Waals surface area contributed by atoms with E-state index < -0.39 is 0 Å². The van der Waals surface area contributed by atoms with Crippen LogP contribution in [0, 0.1) is 11.8 Å². The van der Waals surface area contributed by atoms with Crippen molar-refractivity contribution in [3.8, 4) is 0 Å². The zero-order chi connectivity index (χ0) is 10.7. The first-order valence-corrected chi connectivity index (χ1v) is 6.74. The van der Waals surface area contributed by atoms with E-state index >= 15 is 0 Å². The Morgan fingerprint density at radius 2 is 1.93 bits per heavy atom. The highest BCUT2D eigenvalue weighted by molar-refractivity contribution is 4.84. The highest BCUT2D eigenvalue weighted by Gasteiger charge is 2.25. The zero-order valence-electron chi connectivity index (χ0n) is 10.0. The van der Waals surface area contributed by atoms with Crippen LogP contribution >= 0.6 is 0 Å². The molecule has 4 atom stereocenters. The molecule has 3 N–H and O–H groups in total. The second-order valence-electron chi connectivity index (χ2n) is 5.70. The van der Waals surface area contributed by atoms with Crippen molar-refractivity contribution >= 4 is 0 Å². The van der Waals surface area contributed by atoms with Crippen LogP contribution in [0.15, 0.2) is 0 Å². The van der Waals surface area contributed by atoms with Crippen molar-refractivity contribution in [1.29, 1.82) is 0 Å². The fourth-order valence-electron chi connectivity index (χ4n) is 3.22. The lowest BCUT2D eigenvalue weighted by Crippen LogP contribution is -2.35. The molecule has 15 heavy (non-hydrogen) atoms. The molecule has 2 saturated carbocycles. The Balaban J connectivity index is 1.68. The van der Waals surface area contributed by atoms with Gasteiger partial charge in [-0.2, -0.15) is 0 Å². The van der Waals surface area contributed by atoms with Gasteiger partial charge in [-0.15, -0.1) is 0 Å². The van der Waals surface area contributed by atoms with Crippen LogP contribution in [0.2, 0.25) is 0 Å². The summed E-state index contributed by atoms with van der Waals surface area (Å²) in [5.74, 6) is 1.86. The summed E-state index contributed by atoms with van der Waals surface area (Å²) >= 11 is 0. The summed E-state index contributed by atoms with van der Waals surface area (Å²) in [7, 11) is 0. The van der Waals surface area contributed by atoms with Crippen molar-refractivity contribution in [3.05, 3.63) is 0 Å². The molecular weight excluding hydrogens is 184 g/mol. The normalized spacial score (nSPS) is 42.0. The van der Waals surface area contributed by atoms with Crippen molar-refractivity contribution in [2.45, 2.75) is 64.0 Å². The number of rotatable bonds is 3. The maximum atomic E-state index is 5.92. The van der Waals surface area contributed by atoms with Gasteiger partial charge in [-0.3, -0.25) is 0 Å². The highest BCUT2D eigenvalue weighted by Crippen LogP contribution is 2.29. The molecule has 0 radical (unpaired) electrons. The quantitative estimate of drug-likeness (QED) is 0.750. The van der Waals surface area contributed by atoms with E-state index in [-0.39, 0.29) is 0 Å². The van der Waals surface area contributed by atoms with Crippen molar-refractivity contribution < 1.29 is 0 Å². The topological polar surface area (TPSA) is 38.0 Å². The van der Waals surface area contributed by atoms with Gasteiger partial charge < -0.3 is 11.1 Å². The van der Waals surface area contributed by atoms with E-state index in [0.29, 0.717) is 12.1 Å². The third-order valence-corrected chi connectivity index (χ3v) is 4.43. The van der Waals surface area contributed by atoms with Crippen LogP contribution < -0.4 is 11.1 Å². The molecule has 0 heterocycles. The molecule has 2 rings (SSSR count). The average Bonchev–Trinajstić information content (AvgIpc) is 2.63. The minimum absolute atomic E-state index is 0.464. The van der Waals surface area contributed by atoms with E-state index in [0.717, 1.165) is 11.8 Å². The van der Waals surface area contributed by atoms with E-state index in [1.165, 1.54) is 51.5 Å². The van der Waals surface area contributed by atoms with E-state index in [9.17, 15) is 0 Å². The Labute approximate surface area is 94.0 Å². The standard InChI is InChI=1S/C13H26N2/c1-10-4-2-3-5-11(10)9-15-13-7-6-12(14)8-13/h10-13,15H,2-9,14H2,1H3. The molecule has 2 nitrogen and oxygen atoms in total. The Kier molecular flexibility index (Phi) is 4.04. The van der Waals surface area contributed by atoms with Gasteiger partial charge in [0.1, 0.15) is 0 Å². The molecule has 0 bridgehead atoms. The third-order valence-electron chi connectivity index (χ3n) is 4.43. The Morgan fingerprint density at radius 3 is 2.60 bits per heavy atom. The van der Waals surface area contributed by atoms with Crippen molar-refractivity contribution in [2.24, 2.45) is 17.6 Å². The fourth-order valence-corrected chi connectivity index (χ4v) is 3.22. The lowest BCUT2D eigenvalue weighted by atomic mass is 9.80. The first-order valence-electron chi connectivity index (χ1n) is 6.74. The van der Waals surface area contributed by atoms with E-state index in [1.807, 2.05) is 0 Å². The van der Waals surface area contributed by atoms with Crippen LogP contribution in [0.4, 0.5) is 0 Å². The molecule has 2 heteroatoms. The highest BCUT2D eigenvalue weighted by atomic mass is 14.9. The molecule has 0 aromatic heterocycles. The summed E-state index contributed by atoms with van der Waals surface area (Å²) < 4.78 is 0. The second-order valence-corrected chi connectivity index (χ2v) is 5.70. The SMILES string of the molecule is CC1CCCCC1CNC1CCC(N)C1. The van der Waals surface area contributed by atoms with Crippen LogP contribution in [-0.2, 0) is 0 Å². The van der Waals surface area contributed by atoms with Crippen LogP contribution in [0.1, 0.15) is 51.9 Å². The monoisotopic (exact) mass is 210 g/mol. The van der Waals surface area contributed by atoms with Crippen LogP contribution in [0.3, 0.4) is 0 Å². The van der Waals surface area contributed by atoms with Gasteiger partial charge >= 0.3 is 0 Å². The number of nitrogens with two attached hydrogens (primary N) is 1. The van der Waals surface area contributed by atoms with Crippen molar-refractivity contribution in [1.82, 2.24) is 5.32 Å². The molecule has 4 unspecified atom stereocenters. The first-order chi connectivity index (χ1) is 7.25. The molecular formula is C13H26N2. The molecule has 0 saturated heterocycles. The maximum Gasteiger partial charge on any atom is 0.00824 e. The lowest BCUT2D eigenvalue weighted by Gasteiger charge is -2.30. The zero-order valence-corrected chi connectivity index (χ0v) is 10.0. The second kappa shape index (κ2) is 5.31. The van der Waals surface area contributed by atoms with Gasteiger partial charge in [0, 0.05) is 12.1 Å². The minimum Gasteiger partial charge on any atom is -0.328 e. The molecule has 2 aliphatic rings. The van der Waals surface area contributed by atoms with E-state index in [2.05, 4.69) is 12.2 Å². The predicted octanol–water partition coefficient (Wildman–Crippen LogP) is 2.28. The summed E-state index contributed by atoms with van der Waals surface area (Å²) in [6.45, 7) is 3.66. The number of hydrogen-bond donors (Lipinski definition) is 2. The summed E-state index contributed by atoms with van der Waals surface area (Å²) in [5, 5.41) is 3.73. The van der Waals surface area contributed by atoms with Gasteiger partial charge in [-0.1, -0.05) is 26.2 Å². The van der Waals surface area contributed by atoms with Gasteiger partial charge in [0.2, 0.25) is 0 Å². The molecule has 0 spiro atoms. The summed E-state index contributed by atoms with van der Waals surface area (Å²) in [6, 6.07) is 1.18. The largest absolute Gasteiger partial charge is 0.328 e. The number of nitrogens with one attached hydrogen (secondary N) is 1. The van der Waals surface area contributed by atoms with Crippen LogP contribution in [-0.4, -0.2) is 18.6 Å². The van der Waals surface area contributed by atoms with Gasteiger partial charge in [-0.25, -0.2) is 0 Å². The minimum atomic E-state index is 0.464. The first kappa shape index (κ1) is 11.4. The van der Waals surface area contributed by atoms with E-state index in [4.69, 9.17) is 5.73 Å². The molecule has 0 aromatic rings. The Hall–Kier alpha value is -0.0800. The summed E-state index contributed by atoms with van der Waals surface area (Å²) in [4.78, 5) is 0. The molecule has 0 aliphatic heterocycles. The van der Waals surface area contributed by atoms with Crippen molar-refractivity contribution in [2.75, 3.05) is 6.54 Å². The van der Waals surface area contributed by atoms with Gasteiger partial charge in [-0.05, 0) is 44.1 Å². The third kappa shape index (κ3) is 3.18. The molecule has 0 aromatic carbocycles. The van der Waals surface area contributed by atoms with Gasteiger partial charge in [0.25, 0.3) is 0 Å². The average molecular weight is 210 g/mol.